The topological polar surface area (TPSA) is 58.2 Å². The van der Waals surface area contributed by atoms with Crippen molar-refractivity contribution in [1.29, 1.82) is 0 Å². The van der Waals surface area contributed by atoms with E-state index >= 15 is 0 Å². The maximum Gasteiger partial charge on any atom is 0.242 e. The monoisotopic (exact) mass is 268 g/mol. The van der Waals surface area contributed by atoms with Gasteiger partial charge >= 0.3 is 0 Å². The summed E-state index contributed by atoms with van der Waals surface area (Å²) < 4.78 is 26.6. The molecule has 100 valence electrons. The predicted octanol–water partition coefficient (Wildman–Crippen LogP) is 2.20. The van der Waals surface area contributed by atoms with E-state index in [0.717, 1.165) is 18.8 Å². The van der Waals surface area contributed by atoms with Crippen LogP contribution in [0.3, 0.4) is 0 Å². The van der Waals surface area contributed by atoms with E-state index in [-0.39, 0.29) is 0 Å². The van der Waals surface area contributed by atoms with Gasteiger partial charge in [-0.3, -0.25) is 0 Å². The van der Waals surface area contributed by atoms with Gasteiger partial charge in [-0.1, -0.05) is 26.0 Å². The Morgan fingerprint density at radius 2 is 1.94 bits per heavy atom. The summed E-state index contributed by atoms with van der Waals surface area (Å²) in [5.74, 6) is 0.736. The first kappa shape index (κ1) is 13.4. The summed E-state index contributed by atoms with van der Waals surface area (Å²) in [7, 11) is -3.40. The van der Waals surface area contributed by atoms with Crippen LogP contribution in [0.4, 0.5) is 5.69 Å². The quantitative estimate of drug-likeness (QED) is 0.860. The number of anilines is 1. The number of sulfonamides is 1. The standard InChI is InChI=1S/C13H20N2O2S/c1-3-14-18(16,17)13-7-5-4-6-12(13)15-11-8-10(2)9-11/h4-7,10-11,14-15H,3,8-9H2,1-2H3. The van der Waals surface area contributed by atoms with Crippen molar-refractivity contribution in [1.82, 2.24) is 4.72 Å². The van der Waals surface area contributed by atoms with E-state index < -0.39 is 10.0 Å². The number of para-hydroxylation sites is 1. The van der Waals surface area contributed by atoms with Gasteiger partial charge in [0.25, 0.3) is 0 Å². The van der Waals surface area contributed by atoms with Crippen LogP contribution in [0.5, 0.6) is 0 Å². The van der Waals surface area contributed by atoms with E-state index in [2.05, 4.69) is 17.0 Å². The lowest BCUT2D eigenvalue weighted by molar-refractivity contribution is 0.309. The van der Waals surface area contributed by atoms with Crippen LogP contribution in [0.15, 0.2) is 29.2 Å². The van der Waals surface area contributed by atoms with Crippen LogP contribution >= 0.6 is 0 Å². The van der Waals surface area contributed by atoms with Crippen molar-refractivity contribution in [3.8, 4) is 0 Å². The number of hydrogen-bond donors (Lipinski definition) is 2. The van der Waals surface area contributed by atoms with Gasteiger partial charge in [0, 0.05) is 12.6 Å². The van der Waals surface area contributed by atoms with E-state index in [1.165, 1.54) is 0 Å². The molecular weight excluding hydrogens is 248 g/mol. The SMILES string of the molecule is CCNS(=O)(=O)c1ccccc1NC1CC(C)C1. The van der Waals surface area contributed by atoms with Crippen molar-refractivity contribution in [2.45, 2.75) is 37.6 Å². The fraction of sp³-hybridized carbons (Fsp3) is 0.538. The minimum atomic E-state index is -3.40. The third-order valence-corrected chi connectivity index (χ3v) is 4.85. The Kier molecular flexibility index (Phi) is 3.92. The zero-order valence-electron chi connectivity index (χ0n) is 10.8. The maximum absolute atomic E-state index is 12.1. The van der Waals surface area contributed by atoms with Crippen molar-refractivity contribution in [2.75, 3.05) is 11.9 Å². The van der Waals surface area contributed by atoms with Crippen molar-refractivity contribution in [3.05, 3.63) is 24.3 Å². The van der Waals surface area contributed by atoms with Gasteiger partial charge in [0.2, 0.25) is 10.0 Å². The highest BCUT2D eigenvalue weighted by molar-refractivity contribution is 7.89. The van der Waals surface area contributed by atoms with Gasteiger partial charge in [0.1, 0.15) is 4.90 Å². The van der Waals surface area contributed by atoms with Gasteiger partial charge in [-0.15, -0.1) is 0 Å². The Morgan fingerprint density at radius 1 is 1.28 bits per heavy atom. The average molecular weight is 268 g/mol. The molecule has 4 nitrogen and oxygen atoms in total. The Bertz CT molecular complexity index is 507. The van der Waals surface area contributed by atoms with Crippen molar-refractivity contribution in [2.24, 2.45) is 5.92 Å². The fourth-order valence-electron chi connectivity index (χ4n) is 2.33. The fourth-order valence-corrected chi connectivity index (χ4v) is 3.54. The average Bonchev–Trinajstić information content (AvgIpc) is 2.27. The van der Waals surface area contributed by atoms with Gasteiger partial charge in [-0.05, 0) is 30.9 Å². The third-order valence-electron chi connectivity index (χ3n) is 3.24. The minimum Gasteiger partial charge on any atom is -0.381 e. The molecule has 0 spiro atoms. The molecule has 18 heavy (non-hydrogen) atoms. The predicted molar refractivity (Wildman–Crippen MR) is 73.1 cm³/mol. The van der Waals surface area contributed by atoms with E-state index in [0.29, 0.717) is 23.2 Å². The normalized spacial score (nSPS) is 23.4. The van der Waals surface area contributed by atoms with Crippen molar-refractivity contribution in [3.63, 3.8) is 0 Å². The lowest BCUT2D eigenvalue weighted by Gasteiger charge is -2.34. The highest BCUT2D eigenvalue weighted by Crippen LogP contribution is 2.31. The summed E-state index contributed by atoms with van der Waals surface area (Å²) in [4.78, 5) is 0.339. The minimum absolute atomic E-state index is 0.339. The summed E-state index contributed by atoms with van der Waals surface area (Å²) in [6, 6.07) is 7.47. The molecule has 0 aromatic heterocycles. The van der Waals surface area contributed by atoms with Crippen molar-refractivity contribution < 1.29 is 8.42 Å². The largest absolute Gasteiger partial charge is 0.381 e. The zero-order chi connectivity index (χ0) is 13.2. The number of hydrogen-bond acceptors (Lipinski definition) is 3. The zero-order valence-corrected chi connectivity index (χ0v) is 11.6. The maximum atomic E-state index is 12.1. The molecule has 0 amide bonds. The summed E-state index contributed by atoms with van der Waals surface area (Å²) in [6.07, 6.45) is 2.21. The lowest BCUT2D eigenvalue weighted by Crippen LogP contribution is -2.34. The molecule has 1 aromatic carbocycles. The molecule has 0 aliphatic heterocycles. The Balaban J connectivity index is 2.20. The smallest absolute Gasteiger partial charge is 0.242 e. The summed E-state index contributed by atoms with van der Waals surface area (Å²) >= 11 is 0. The van der Waals surface area contributed by atoms with Crippen LogP contribution in [0.1, 0.15) is 26.7 Å². The molecule has 1 aromatic rings. The van der Waals surface area contributed by atoms with Crippen LogP contribution in [0.25, 0.3) is 0 Å². The van der Waals surface area contributed by atoms with Crippen LogP contribution in [0.2, 0.25) is 0 Å². The van der Waals surface area contributed by atoms with E-state index in [9.17, 15) is 8.42 Å². The summed E-state index contributed by atoms with van der Waals surface area (Å²) in [5, 5.41) is 3.32. The molecule has 0 radical (unpaired) electrons. The molecule has 0 unspecified atom stereocenters. The number of benzene rings is 1. The summed E-state index contributed by atoms with van der Waals surface area (Å²) in [6.45, 7) is 4.39. The van der Waals surface area contributed by atoms with E-state index in [1.807, 2.05) is 12.1 Å². The second-order valence-electron chi connectivity index (χ2n) is 4.92. The van der Waals surface area contributed by atoms with Gasteiger partial charge in [0.05, 0.1) is 5.69 Å². The highest BCUT2D eigenvalue weighted by atomic mass is 32.2. The second kappa shape index (κ2) is 5.28. The first-order chi connectivity index (χ1) is 8.53. The highest BCUT2D eigenvalue weighted by Gasteiger charge is 2.27. The number of rotatable bonds is 5. The molecule has 0 heterocycles. The Morgan fingerprint density at radius 3 is 2.56 bits per heavy atom. The van der Waals surface area contributed by atoms with Gasteiger partial charge in [-0.2, -0.15) is 0 Å². The van der Waals surface area contributed by atoms with Crippen LogP contribution in [-0.2, 0) is 10.0 Å². The number of nitrogens with one attached hydrogen (secondary N) is 2. The third kappa shape index (κ3) is 2.84. The van der Waals surface area contributed by atoms with Crippen LogP contribution in [-0.4, -0.2) is 21.0 Å². The van der Waals surface area contributed by atoms with E-state index in [4.69, 9.17) is 0 Å². The van der Waals surface area contributed by atoms with Gasteiger partial charge in [-0.25, -0.2) is 13.1 Å². The molecule has 1 aliphatic rings. The Hall–Kier alpha value is -1.07. The lowest BCUT2D eigenvalue weighted by atomic mass is 9.82. The molecule has 0 saturated heterocycles. The molecule has 1 saturated carbocycles. The molecule has 1 fully saturated rings. The van der Waals surface area contributed by atoms with Gasteiger partial charge < -0.3 is 5.32 Å². The first-order valence-electron chi connectivity index (χ1n) is 6.38. The Labute approximate surface area is 109 Å². The molecule has 1 aliphatic carbocycles. The van der Waals surface area contributed by atoms with Crippen molar-refractivity contribution >= 4 is 15.7 Å². The first-order valence-corrected chi connectivity index (χ1v) is 7.86. The molecule has 5 heteroatoms. The van der Waals surface area contributed by atoms with Gasteiger partial charge in [0.15, 0.2) is 0 Å². The molecule has 2 N–H and O–H groups in total. The molecule has 0 bridgehead atoms. The second-order valence-corrected chi connectivity index (χ2v) is 6.65. The van der Waals surface area contributed by atoms with Crippen LogP contribution in [0, 0.1) is 5.92 Å². The van der Waals surface area contributed by atoms with Crippen LogP contribution < -0.4 is 10.0 Å². The van der Waals surface area contributed by atoms with E-state index in [1.54, 1.807) is 19.1 Å². The molecule has 0 atom stereocenters. The molecular formula is C13H20N2O2S. The molecule has 2 rings (SSSR count). The summed E-state index contributed by atoms with van der Waals surface area (Å²) in [5.41, 5.74) is 0.704.